The Bertz CT molecular complexity index is 670. The van der Waals surface area contributed by atoms with E-state index < -0.39 is 11.6 Å². The molecule has 0 spiro atoms. The highest BCUT2D eigenvalue weighted by Crippen LogP contribution is 2.26. The summed E-state index contributed by atoms with van der Waals surface area (Å²) in [4.78, 5) is 2.07. The highest BCUT2D eigenvalue weighted by Gasteiger charge is 2.26. The topological polar surface area (TPSA) is 29.3 Å². The van der Waals surface area contributed by atoms with Crippen LogP contribution in [0.3, 0.4) is 0 Å². The lowest BCUT2D eigenvalue weighted by Gasteiger charge is -2.38. The van der Waals surface area contributed by atoms with Crippen molar-refractivity contribution in [2.45, 2.75) is 25.8 Å². The van der Waals surface area contributed by atoms with E-state index in [1.165, 1.54) is 23.3 Å². The van der Waals surface area contributed by atoms with E-state index in [4.69, 9.17) is 5.73 Å². The van der Waals surface area contributed by atoms with E-state index in [1.54, 1.807) is 6.07 Å². The lowest BCUT2D eigenvalue weighted by molar-refractivity contribution is 0.374. The van der Waals surface area contributed by atoms with Gasteiger partial charge >= 0.3 is 0 Å². The monoisotopic (exact) mass is 316 g/mol. The maximum absolute atomic E-state index is 13.5. The second-order valence-electron chi connectivity index (χ2n) is 6.55. The number of piperidine rings is 1. The molecule has 0 amide bonds. The normalized spacial score (nSPS) is 21.5. The third kappa shape index (κ3) is 3.88. The Morgan fingerprint density at radius 2 is 1.78 bits per heavy atom. The summed E-state index contributed by atoms with van der Waals surface area (Å²) in [6.45, 7) is 3.56. The molecule has 2 N–H and O–H groups in total. The summed E-state index contributed by atoms with van der Waals surface area (Å²) >= 11 is 0. The zero-order valence-electron chi connectivity index (χ0n) is 13.3. The molecule has 2 aromatic rings. The van der Waals surface area contributed by atoms with Crippen LogP contribution in [-0.4, -0.2) is 19.1 Å². The Hall–Kier alpha value is -1.94. The van der Waals surface area contributed by atoms with Crippen LogP contribution in [0.4, 0.5) is 14.5 Å². The number of aryl methyl sites for hydroxylation is 1. The van der Waals surface area contributed by atoms with E-state index in [9.17, 15) is 8.78 Å². The maximum atomic E-state index is 13.5. The molecule has 4 heteroatoms. The van der Waals surface area contributed by atoms with Crippen LogP contribution in [0.15, 0.2) is 42.5 Å². The Morgan fingerprint density at radius 3 is 2.48 bits per heavy atom. The molecule has 2 nitrogen and oxygen atoms in total. The van der Waals surface area contributed by atoms with E-state index >= 15 is 0 Å². The molecule has 0 bridgehead atoms. The Morgan fingerprint density at radius 1 is 1.04 bits per heavy atom. The summed E-state index contributed by atoms with van der Waals surface area (Å²) in [6.07, 6.45) is 1.90. The van der Waals surface area contributed by atoms with E-state index in [-0.39, 0.29) is 6.04 Å². The number of rotatable bonds is 3. The Kier molecular flexibility index (Phi) is 4.62. The van der Waals surface area contributed by atoms with Gasteiger partial charge in [-0.15, -0.1) is 0 Å². The summed E-state index contributed by atoms with van der Waals surface area (Å²) < 4.78 is 26.6. The number of hydrogen-bond acceptors (Lipinski definition) is 2. The van der Waals surface area contributed by atoms with Crippen molar-refractivity contribution in [2.75, 3.05) is 18.0 Å². The molecule has 0 aromatic heterocycles. The standard InChI is InChI=1S/C19H22F2N2/c1-13-2-4-14(5-3-13)8-15-9-16(22)12-23(11-15)17-6-7-18(20)19(21)10-17/h2-7,10,15-16H,8-9,11-12,22H2,1H3. The molecule has 122 valence electrons. The highest BCUT2D eigenvalue weighted by atomic mass is 19.2. The molecule has 3 rings (SSSR count). The van der Waals surface area contributed by atoms with Gasteiger partial charge in [0.15, 0.2) is 11.6 Å². The van der Waals surface area contributed by atoms with Gasteiger partial charge in [-0.1, -0.05) is 29.8 Å². The molecule has 2 atom stereocenters. The first-order valence-electron chi connectivity index (χ1n) is 8.02. The molecule has 1 fully saturated rings. The summed E-state index contributed by atoms with van der Waals surface area (Å²) in [5, 5.41) is 0. The first kappa shape index (κ1) is 15.9. The molecule has 1 saturated heterocycles. The SMILES string of the molecule is Cc1ccc(CC2CC(N)CN(c3ccc(F)c(F)c3)C2)cc1. The molecule has 2 aromatic carbocycles. The van der Waals surface area contributed by atoms with Crippen LogP contribution in [0.25, 0.3) is 0 Å². The molecule has 0 saturated carbocycles. The fourth-order valence-corrected chi connectivity index (χ4v) is 3.34. The minimum absolute atomic E-state index is 0.0484. The van der Waals surface area contributed by atoms with Gasteiger partial charge < -0.3 is 10.6 Å². The third-order valence-corrected chi connectivity index (χ3v) is 4.48. The van der Waals surface area contributed by atoms with Gasteiger partial charge in [0.2, 0.25) is 0 Å². The van der Waals surface area contributed by atoms with Crippen molar-refractivity contribution < 1.29 is 8.78 Å². The molecular weight excluding hydrogens is 294 g/mol. The van der Waals surface area contributed by atoms with E-state index in [0.717, 1.165) is 19.4 Å². The molecule has 1 heterocycles. The first-order valence-corrected chi connectivity index (χ1v) is 8.02. The third-order valence-electron chi connectivity index (χ3n) is 4.48. The van der Waals surface area contributed by atoms with Crippen molar-refractivity contribution in [3.63, 3.8) is 0 Å². The molecule has 0 aliphatic carbocycles. The molecule has 1 aliphatic rings. The Labute approximate surface area is 135 Å². The van der Waals surface area contributed by atoms with Crippen molar-refractivity contribution in [3.8, 4) is 0 Å². The molecule has 0 radical (unpaired) electrons. The van der Waals surface area contributed by atoms with Crippen molar-refractivity contribution in [3.05, 3.63) is 65.2 Å². The smallest absolute Gasteiger partial charge is 0.160 e. The number of benzene rings is 2. The molecule has 2 unspecified atom stereocenters. The fraction of sp³-hybridized carbons (Fsp3) is 0.368. The van der Waals surface area contributed by atoms with Crippen molar-refractivity contribution in [1.82, 2.24) is 0 Å². The number of nitrogens with zero attached hydrogens (tertiary/aromatic N) is 1. The van der Waals surface area contributed by atoms with Crippen LogP contribution < -0.4 is 10.6 Å². The second-order valence-corrected chi connectivity index (χ2v) is 6.55. The maximum Gasteiger partial charge on any atom is 0.160 e. The number of nitrogens with two attached hydrogens (primary N) is 1. The van der Waals surface area contributed by atoms with Crippen molar-refractivity contribution in [1.29, 1.82) is 0 Å². The number of anilines is 1. The van der Waals surface area contributed by atoms with Gasteiger partial charge in [-0.05, 0) is 43.4 Å². The van der Waals surface area contributed by atoms with E-state index in [0.29, 0.717) is 18.2 Å². The van der Waals surface area contributed by atoms with Crippen molar-refractivity contribution in [2.24, 2.45) is 11.7 Å². The largest absolute Gasteiger partial charge is 0.370 e. The van der Waals surface area contributed by atoms with Gasteiger partial charge in [-0.3, -0.25) is 0 Å². The van der Waals surface area contributed by atoms with Gasteiger partial charge in [0, 0.05) is 30.9 Å². The minimum Gasteiger partial charge on any atom is -0.370 e. The summed E-state index contributed by atoms with van der Waals surface area (Å²) in [5.41, 5.74) is 9.43. The minimum atomic E-state index is -0.814. The van der Waals surface area contributed by atoms with Crippen LogP contribution in [0, 0.1) is 24.5 Å². The number of hydrogen-bond donors (Lipinski definition) is 1. The molecular formula is C19H22F2N2. The fourth-order valence-electron chi connectivity index (χ4n) is 3.34. The average Bonchev–Trinajstić information content (AvgIpc) is 2.52. The average molecular weight is 316 g/mol. The lowest BCUT2D eigenvalue weighted by Crippen LogP contribution is -2.47. The Balaban J connectivity index is 1.73. The van der Waals surface area contributed by atoms with Gasteiger partial charge in [-0.25, -0.2) is 8.78 Å². The second kappa shape index (κ2) is 6.67. The predicted molar refractivity (Wildman–Crippen MR) is 89.5 cm³/mol. The first-order chi connectivity index (χ1) is 11.0. The number of halogens is 2. The van der Waals surface area contributed by atoms with E-state index in [2.05, 4.69) is 36.1 Å². The lowest BCUT2D eigenvalue weighted by atomic mass is 9.88. The zero-order chi connectivity index (χ0) is 16.4. The van der Waals surface area contributed by atoms with Crippen LogP contribution in [0.2, 0.25) is 0 Å². The van der Waals surface area contributed by atoms with Crippen molar-refractivity contribution >= 4 is 5.69 Å². The van der Waals surface area contributed by atoms with E-state index in [1.807, 2.05) is 0 Å². The van der Waals surface area contributed by atoms with Crippen LogP contribution in [0.1, 0.15) is 17.5 Å². The predicted octanol–water partition coefficient (Wildman–Crippen LogP) is 3.67. The highest BCUT2D eigenvalue weighted by molar-refractivity contribution is 5.47. The summed E-state index contributed by atoms with van der Waals surface area (Å²) in [6, 6.07) is 12.6. The van der Waals surface area contributed by atoms with Crippen LogP contribution in [-0.2, 0) is 6.42 Å². The molecule has 1 aliphatic heterocycles. The van der Waals surface area contributed by atoms with Crippen LogP contribution in [0.5, 0.6) is 0 Å². The summed E-state index contributed by atoms with van der Waals surface area (Å²) in [5.74, 6) is -1.21. The van der Waals surface area contributed by atoms with Gasteiger partial charge in [-0.2, -0.15) is 0 Å². The van der Waals surface area contributed by atoms with Gasteiger partial charge in [0.1, 0.15) is 0 Å². The zero-order valence-corrected chi connectivity index (χ0v) is 13.3. The summed E-state index contributed by atoms with van der Waals surface area (Å²) in [7, 11) is 0. The van der Waals surface area contributed by atoms with Gasteiger partial charge in [0.05, 0.1) is 0 Å². The van der Waals surface area contributed by atoms with Crippen LogP contribution >= 0.6 is 0 Å². The quantitative estimate of drug-likeness (QED) is 0.936. The molecule has 23 heavy (non-hydrogen) atoms. The van der Waals surface area contributed by atoms with Gasteiger partial charge in [0.25, 0.3) is 0 Å².